The number of thiocarbonyl (C=S) groups is 1. The molecule has 116 valence electrons. The largest absolute Gasteiger partial charge is 0.417 e. The van der Waals surface area contributed by atoms with Gasteiger partial charge in [0.2, 0.25) is 0 Å². The molecule has 1 saturated heterocycles. The van der Waals surface area contributed by atoms with E-state index < -0.39 is 11.7 Å². The second-order valence-electron chi connectivity index (χ2n) is 5.84. The van der Waals surface area contributed by atoms with Gasteiger partial charge in [-0.05, 0) is 43.3 Å². The van der Waals surface area contributed by atoms with Crippen molar-refractivity contribution in [2.75, 3.05) is 11.4 Å². The van der Waals surface area contributed by atoms with Gasteiger partial charge in [0.1, 0.15) is 0 Å². The van der Waals surface area contributed by atoms with Crippen LogP contribution in [0, 0.1) is 11.3 Å². The highest BCUT2D eigenvalue weighted by Crippen LogP contribution is 2.38. The van der Waals surface area contributed by atoms with Crippen LogP contribution in [0.5, 0.6) is 0 Å². The third-order valence-electron chi connectivity index (χ3n) is 4.38. The number of nitriles is 1. The summed E-state index contributed by atoms with van der Waals surface area (Å²) >= 11 is 5.30. The highest BCUT2D eigenvalue weighted by molar-refractivity contribution is 7.80. The third-order valence-corrected chi connectivity index (χ3v) is 4.70. The summed E-state index contributed by atoms with van der Waals surface area (Å²) in [6.45, 7) is 0.578. The molecule has 1 N–H and O–H groups in total. The molecule has 1 spiro atoms. The molecule has 7 heteroatoms. The Labute approximate surface area is 131 Å². The molecule has 3 nitrogen and oxygen atoms in total. The number of halogens is 3. The van der Waals surface area contributed by atoms with Gasteiger partial charge in [0.15, 0.2) is 5.11 Å². The smallest absolute Gasteiger partial charge is 0.355 e. The maximum absolute atomic E-state index is 13.1. The molecule has 2 aliphatic rings. The van der Waals surface area contributed by atoms with Crippen LogP contribution in [-0.4, -0.2) is 17.2 Å². The molecule has 0 aromatic heterocycles. The summed E-state index contributed by atoms with van der Waals surface area (Å²) in [6, 6.07) is 5.34. The van der Waals surface area contributed by atoms with Crippen LogP contribution >= 0.6 is 12.2 Å². The van der Waals surface area contributed by atoms with Crippen LogP contribution in [0.4, 0.5) is 18.9 Å². The molecule has 0 unspecified atom stereocenters. The van der Waals surface area contributed by atoms with E-state index in [9.17, 15) is 13.2 Å². The monoisotopic (exact) mass is 325 g/mol. The number of nitrogens with one attached hydrogen (secondary N) is 1. The molecular formula is C15H14F3N3S. The van der Waals surface area contributed by atoms with E-state index in [1.54, 1.807) is 11.0 Å². The van der Waals surface area contributed by atoms with E-state index in [-0.39, 0.29) is 11.1 Å². The van der Waals surface area contributed by atoms with E-state index in [1.165, 1.54) is 12.1 Å². The summed E-state index contributed by atoms with van der Waals surface area (Å²) in [7, 11) is 0. The minimum Gasteiger partial charge on any atom is -0.355 e. The van der Waals surface area contributed by atoms with Crippen LogP contribution in [0.2, 0.25) is 0 Å². The summed E-state index contributed by atoms with van der Waals surface area (Å²) in [5.74, 6) is 0. The number of anilines is 1. The molecule has 1 saturated carbocycles. The molecule has 1 heterocycles. The number of benzene rings is 1. The van der Waals surface area contributed by atoms with Crippen molar-refractivity contribution >= 4 is 23.0 Å². The van der Waals surface area contributed by atoms with Crippen LogP contribution in [0.3, 0.4) is 0 Å². The van der Waals surface area contributed by atoms with Crippen molar-refractivity contribution in [3.05, 3.63) is 29.3 Å². The van der Waals surface area contributed by atoms with Gasteiger partial charge in [-0.2, -0.15) is 18.4 Å². The summed E-state index contributed by atoms with van der Waals surface area (Å²) in [6.07, 6.45) is -0.395. The second-order valence-corrected chi connectivity index (χ2v) is 6.23. The molecule has 1 aliphatic carbocycles. The zero-order valence-corrected chi connectivity index (χ0v) is 12.5. The summed E-state index contributed by atoms with van der Waals surface area (Å²) < 4.78 is 39.2. The normalized spacial score (nSPS) is 20.3. The molecule has 22 heavy (non-hydrogen) atoms. The van der Waals surface area contributed by atoms with E-state index in [2.05, 4.69) is 5.32 Å². The van der Waals surface area contributed by atoms with Gasteiger partial charge in [-0.15, -0.1) is 0 Å². The van der Waals surface area contributed by atoms with Crippen molar-refractivity contribution < 1.29 is 13.2 Å². The Kier molecular flexibility index (Phi) is 3.52. The van der Waals surface area contributed by atoms with Crippen molar-refractivity contribution in [3.63, 3.8) is 0 Å². The highest BCUT2D eigenvalue weighted by Gasteiger charge is 2.43. The number of nitrogens with zero attached hydrogens (tertiary/aromatic N) is 2. The Morgan fingerprint density at radius 2 is 1.95 bits per heavy atom. The molecule has 1 aromatic rings. The lowest BCUT2D eigenvalue weighted by molar-refractivity contribution is -0.137. The standard InChI is InChI=1S/C15H14F3N3S/c16-15(17,18)12-7-11(4-3-10(12)8-19)21-9-14(20-13(21)22)5-1-2-6-14/h3-4,7H,1-2,5-6,9H2,(H,20,22). The third kappa shape index (κ3) is 2.52. The fourth-order valence-electron chi connectivity index (χ4n) is 3.28. The van der Waals surface area contributed by atoms with E-state index in [0.717, 1.165) is 31.7 Å². The van der Waals surface area contributed by atoms with E-state index >= 15 is 0 Å². The first-order valence-corrected chi connectivity index (χ1v) is 7.47. The molecule has 2 fully saturated rings. The Hall–Kier alpha value is -1.81. The fraction of sp³-hybridized carbons (Fsp3) is 0.467. The van der Waals surface area contributed by atoms with Crippen molar-refractivity contribution in [3.8, 4) is 6.07 Å². The zero-order valence-electron chi connectivity index (χ0n) is 11.7. The van der Waals surface area contributed by atoms with Crippen molar-refractivity contribution in [1.29, 1.82) is 5.26 Å². The predicted molar refractivity (Wildman–Crippen MR) is 80.4 cm³/mol. The lowest BCUT2D eigenvalue weighted by Crippen LogP contribution is -2.40. The van der Waals surface area contributed by atoms with E-state index in [0.29, 0.717) is 17.3 Å². The minimum atomic E-state index is -4.55. The molecule has 1 aromatic carbocycles. The average molecular weight is 325 g/mol. The van der Waals surface area contributed by atoms with Gasteiger partial charge in [0.25, 0.3) is 0 Å². The van der Waals surface area contributed by atoms with Gasteiger partial charge in [0, 0.05) is 12.2 Å². The maximum Gasteiger partial charge on any atom is 0.417 e. The number of rotatable bonds is 1. The topological polar surface area (TPSA) is 39.1 Å². The predicted octanol–water partition coefficient (Wildman–Crippen LogP) is 3.58. The Bertz CT molecular complexity index is 657. The van der Waals surface area contributed by atoms with Crippen molar-refractivity contribution in [1.82, 2.24) is 5.32 Å². The van der Waals surface area contributed by atoms with Crippen LogP contribution in [0.1, 0.15) is 36.8 Å². The number of hydrogen-bond acceptors (Lipinski definition) is 2. The van der Waals surface area contributed by atoms with Gasteiger partial charge in [0.05, 0.1) is 22.7 Å². The van der Waals surface area contributed by atoms with Crippen LogP contribution in [0.15, 0.2) is 18.2 Å². The van der Waals surface area contributed by atoms with Crippen LogP contribution < -0.4 is 10.2 Å². The molecule has 0 amide bonds. The van der Waals surface area contributed by atoms with Gasteiger partial charge in [-0.3, -0.25) is 0 Å². The summed E-state index contributed by atoms with van der Waals surface area (Å²) in [5, 5.41) is 12.6. The maximum atomic E-state index is 13.1. The first kappa shape index (κ1) is 15.1. The fourth-order valence-corrected chi connectivity index (χ4v) is 3.67. The highest BCUT2D eigenvalue weighted by atomic mass is 32.1. The quantitative estimate of drug-likeness (QED) is 0.801. The SMILES string of the molecule is N#Cc1ccc(N2CC3(CCCC3)NC2=S)cc1C(F)(F)F. The number of hydrogen-bond donors (Lipinski definition) is 1. The molecule has 0 bridgehead atoms. The first-order valence-electron chi connectivity index (χ1n) is 7.06. The van der Waals surface area contributed by atoms with E-state index in [4.69, 9.17) is 17.5 Å². The average Bonchev–Trinajstić information content (AvgIpc) is 3.04. The first-order chi connectivity index (χ1) is 10.3. The van der Waals surface area contributed by atoms with Gasteiger partial charge in [-0.1, -0.05) is 12.8 Å². The molecule has 3 rings (SSSR count). The van der Waals surface area contributed by atoms with E-state index in [1.807, 2.05) is 0 Å². The van der Waals surface area contributed by atoms with Crippen molar-refractivity contribution in [2.24, 2.45) is 0 Å². The van der Waals surface area contributed by atoms with Gasteiger partial charge < -0.3 is 10.2 Å². The number of alkyl halides is 3. The summed E-state index contributed by atoms with van der Waals surface area (Å²) in [4.78, 5) is 1.71. The Morgan fingerprint density at radius 3 is 2.55 bits per heavy atom. The van der Waals surface area contributed by atoms with Crippen LogP contribution in [-0.2, 0) is 6.18 Å². The molecule has 0 atom stereocenters. The molecule has 0 radical (unpaired) electrons. The van der Waals surface area contributed by atoms with Crippen LogP contribution in [0.25, 0.3) is 0 Å². The molecular weight excluding hydrogens is 311 g/mol. The van der Waals surface area contributed by atoms with Gasteiger partial charge >= 0.3 is 6.18 Å². The Morgan fingerprint density at radius 1 is 1.27 bits per heavy atom. The second kappa shape index (κ2) is 5.13. The zero-order chi connectivity index (χ0) is 16.0. The summed E-state index contributed by atoms with van der Waals surface area (Å²) in [5.41, 5.74) is -1.01. The van der Waals surface area contributed by atoms with Crippen molar-refractivity contribution in [2.45, 2.75) is 37.4 Å². The lowest BCUT2D eigenvalue weighted by atomic mass is 9.99. The lowest BCUT2D eigenvalue weighted by Gasteiger charge is -2.23. The molecule has 1 aliphatic heterocycles. The minimum absolute atomic E-state index is 0.108. The van der Waals surface area contributed by atoms with Gasteiger partial charge in [-0.25, -0.2) is 0 Å². The Balaban J connectivity index is 1.96.